The number of benzene rings is 3. The number of aromatic amines is 3. The smallest absolute Gasteiger partial charge is 0.242 e. The third kappa shape index (κ3) is 16.8. The molecule has 20 nitrogen and oxygen atoms in total. The zero-order valence-electron chi connectivity index (χ0n) is 46.4. The van der Waals surface area contributed by atoms with E-state index in [1.54, 1.807) is 18.5 Å². The number of nitrogens with one attached hydrogen (secondary N) is 5. The molecule has 7 N–H and O–H groups in total. The molecule has 0 saturated heterocycles. The lowest BCUT2D eigenvalue weighted by molar-refractivity contribution is -0.147. The number of H-pyrrole nitrogens is 3. The minimum atomic E-state index is -0.531. The molecule has 7 amide bonds. The van der Waals surface area contributed by atoms with Crippen LogP contribution in [0.2, 0.25) is 0 Å². The van der Waals surface area contributed by atoms with Gasteiger partial charge in [0.15, 0.2) is 0 Å². The Morgan fingerprint density at radius 3 is 1.45 bits per heavy atom. The molecule has 0 unspecified atom stereocenters. The Morgan fingerprint density at radius 1 is 0.512 bits per heavy atom. The fourth-order valence-corrected chi connectivity index (χ4v) is 9.66. The first-order chi connectivity index (χ1) is 38.8. The summed E-state index contributed by atoms with van der Waals surface area (Å²) in [5, 5.41) is 8.94. The van der Waals surface area contributed by atoms with Crippen LogP contribution in [0.3, 0.4) is 0 Å². The minimum Gasteiger partial charge on any atom is -0.361 e. The fraction of sp³-hybridized carbons (Fsp3) is 0.400. The van der Waals surface area contributed by atoms with Gasteiger partial charge >= 0.3 is 0 Å². The van der Waals surface area contributed by atoms with Crippen LogP contribution in [0.1, 0.15) is 55.4 Å². The number of hydrogen-bond donors (Lipinski definition) is 6. The molecule has 424 valence electrons. The molecule has 0 atom stereocenters. The Hall–Kier alpha value is -8.36. The molecule has 0 fully saturated rings. The van der Waals surface area contributed by atoms with E-state index >= 15 is 0 Å². The average Bonchev–Trinajstić information content (AvgIpc) is 4.21. The maximum atomic E-state index is 14.7. The number of hydrogen-bond acceptors (Lipinski definition) is 10. The lowest BCUT2D eigenvalue weighted by Gasteiger charge is -2.31. The van der Waals surface area contributed by atoms with Crippen molar-refractivity contribution in [3.05, 3.63) is 138 Å². The summed E-state index contributed by atoms with van der Waals surface area (Å²) >= 11 is 0. The Labute approximate surface area is 467 Å². The Balaban J connectivity index is 1.08. The second-order valence-corrected chi connectivity index (χ2v) is 20.1. The van der Waals surface area contributed by atoms with E-state index in [2.05, 4.69) is 30.6 Å². The topological polar surface area (TPSA) is 249 Å². The van der Waals surface area contributed by atoms with Crippen LogP contribution < -0.4 is 16.4 Å². The standard InChI is InChI=1S/C60H77N13O7/c1-4-25-64-54(74)38-70(29-21-45-33-65-51-18-9-6-15-48(45)51)59(79)41-69(28-5-2)58(78)42-72(31-23-47-35-67-53-20-11-8-17-50(47)53)57(77)39-68(3)56(76)40-71(30-22-46-34-66-52-19-10-7-16-49(46)52)60(80)43-73(37-44-14-12-26-62-32-44)55(75)36-63-27-13-24-61/h6-12,14-20,26,32-35,63,65-67H,4-5,13,21-25,27-31,36-43,61H2,1-3H3,(H,64,74). The van der Waals surface area contributed by atoms with Gasteiger partial charge in [0.1, 0.15) is 6.54 Å². The van der Waals surface area contributed by atoms with Crippen LogP contribution in [0.4, 0.5) is 0 Å². The van der Waals surface area contributed by atoms with Gasteiger partial charge in [-0.2, -0.15) is 0 Å². The SMILES string of the molecule is CCCNC(=O)CN(CCc1c[nH]c2ccccc12)C(=O)CN(CCC)C(=O)CN(CCc1c[nH]c2ccccc12)C(=O)CN(C)C(=O)CN(CCc1c[nH]c2ccccc12)C(=O)CN(Cc1cccnc1)C(=O)CNCCCN. The molecular weight excluding hydrogens is 1010 g/mol. The van der Waals surface area contributed by atoms with Crippen LogP contribution in [0, 0.1) is 0 Å². The number of para-hydroxylation sites is 3. The lowest BCUT2D eigenvalue weighted by Crippen LogP contribution is -2.52. The molecular formula is C60H77N13O7. The van der Waals surface area contributed by atoms with Gasteiger partial charge in [0.2, 0.25) is 41.4 Å². The molecule has 0 bridgehead atoms. The summed E-state index contributed by atoms with van der Waals surface area (Å²) in [6, 6.07) is 27.0. The monoisotopic (exact) mass is 1090 g/mol. The summed E-state index contributed by atoms with van der Waals surface area (Å²) in [6.45, 7) is 3.97. The summed E-state index contributed by atoms with van der Waals surface area (Å²) in [5.41, 5.74) is 12.1. The number of carbonyl (C=O) groups is 7. The Morgan fingerprint density at radius 2 is 0.975 bits per heavy atom. The number of rotatable bonds is 32. The van der Waals surface area contributed by atoms with Gasteiger partial charge in [0.25, 0.3) is 0 Å². The fourth-order valence-electron chi connectivity index (χ4n) is 9.66. The normalized spacial score (nSPS) is 11.2. The summed E-state index contributed by atoms with van der Waals surface area (Å²) in [6.07, 6.45) is 12.1. The highest BCUT2D eigenvalue weighted by atomic mass is 16.2. The first-order valence-corrected chi connectivity index (χ1v) is 27.7. The van der Waals surface area contributed by atoms with Crippen molar-refractivity contribution in [1.82, 2.24) is 60.0 Å². The highest BCUT2D eigenvalue weighted by molar-refractivity contribution is 5.93. The lowest BCUT2D eigenvalue weighted by atomic mass is 10.1. The van der Waals surface area contributed by atoms with E-state index in [0.717, 1.165) is 61.4 Å². The van der Waals surface area contributed by atoms with E-state index in [4.69, 9.17) is 5.73 Å². The molecule has 0 spiro atoms. The third-order valence-electron chi connectivity index (χ3n) is 14.2. The van der Waals surface area contributed by atoms with Gasteiger partial charge in [-0.3, -0.25) is 38.5 Å². The molecule has 0 aliphatic heterocycles. The molecule has 80 heavy (non-hydrogen) atoms. The Kier molecular flexibility index (Phi) is 22.3. The number of amides is 7. The van der Waals surface area contributed by atoms with Crippen molar-refractivity contribution in [2.24, 2.45) is 5.73 Å². The van der Waals surface area contributed by atoms with E-state index in [1.807, 2.05) is 111 Å². The van der Waals surface area contributed by atoms with Gasteiger partial charge in [0.05, 0.1) is 39.3 Å². The van der Waals surface area contributed by atoms with Crippen LogP contribution >= 0.6 is 0 Å². The van der Waals surface area contributed by atoms with E-state index < -0.39 is 42.6 Å². The molecule has 7 aromatic rings. The number of nitrogens with two attached hydrogens (primary N) is 1. The largest absolute Gasteiger partial charge is 0.361 e. The van der Waals surface area contributed by atoms with E-state index in [1.165, 1.54) is 36.4 Å². The molecule has 4 aromatic heterocycles. The second kappa shape index (κ2) is 30.1. The quantitative estimate of drug-likeness (QED) is 0.0328. The van der Waals surface area contributed by atoms with E-state index in [0.29, 0.717) is 51.7 Å². The predicted molar refractivity (Wildman–Crippen MR) is 310 cm³/mol. The average molecular weight is 1090 g/mol. The highest BCUT2D eigenvalue weighted by Crippen LogP contribution is 2.22. The number of carbonyl (C=O) groups excluding carboxylic acids is 7. The number of pyridine rings is 1. The number of fused-ring (bicyclic) bond motifs is 3. The number of aromatic nitrogens is 4. The summed E-state index contributed by atoms with van der Waals surface area (Å²) in [4.78, 5) is 122. The zero-order valence-corrected chi connectivity index (χ0v) is 46.4. The molecule has 0 aliphatic rings. The minimum absolute atomic E-state index is 0.0265. The zero-order chi connectivity index (χ0) is 56.8. The van der Waals surface area contributed by atoms with Crippen molar-refractivity contribution < 1.29 is 33.6 Å². The van der Waals surface area contributed by atoms with Crippen LogP contribution in [0.5, 0.6) is 0 Å². The van der Waals surface area contributed by atoms with Crippen molar-refractivity contribution in [1.29, 1.82) is 0 Å². The predicted octanol–water partition coefficient (Wildman–Crippen LogP) is 4.23. The van der Waals surface area contributed by atoms with Crippen LogP contribution in [0.15, 0.2) is 116 Å². The molecule has 7 rings (SSSR count). The molecule has 0 aliphatic carbocycles. The van der Waals surface area contributed by atoms with Gasteiger partial charge < -0.3 is 60.7 Å². The third-order valence-corrected chi connectivity index (χ3v) is 14.2. The highest BCUT2D eigenvalue weighted by Gasteiger charge is 2.29. The van der Waals surface area contributed by atoms with Crippen LogP contribution in [0.25, 0.3) is 32.7 Å². The molecule has 20 heteroatoms. The molecule has 4 heterocycles. The van der Waals surface area contributed by atoms with E-state index in [-0.39, 0.29) is 77.3 Å². The molecule has 3 aromatic carbocycles. The summed E-state index contributed by atoms with van der Waals surface area (Å²) in [7, 11) is 1.48. The van der Waals surface area contributed by atoms with Crippen molar-refractivity contribution in [2.75, 3.05) is 98.7 Å². The van der Waals surface area contributed by atoms with Crippen molar-refractivity contribution >= 4 is 74.1 Å². The second-order valence-electron chi connectivity index (χ2n) is 20.1. The van der Waals surface area contributed by atoms with Crippen molar-refractivity contribution in [2.45, 2.75) is 58.9 Å². The van der Waals surface area contributed by atoms with Crippen LogP contribution in [-0.4, -0.2) is 189 Å². The van der Waals surface area contributed by atoms with Crippen molar-refractivity contribution in [3.8, 4) is 0 Å². The number of likely N-dealkylation sites (N-methyl/N-ethyl adjacent to an activating group) is 1. The first-order valence-electron chi connectivity index (χ1n) is 27.7. The van der Waals surface area contributed by atoms with Gasteiger partial charge in [-0.15, -0.1) is 0 Å². The maximum absolute atomic E-state index is 14.7. The Bertz CT molecular complexity index is 3170. The maximum Gasteiger partial charge on any atom is 0.242 e. The van der Waals surface area contributed by atoms with Gasteiger partial charge in [-0.1, -0.05) is 74.5 Å². The number of nitrogens with zero attached hydrogens (tertiary/aromatic N) is 7. The van der Waals surface area contributed by atoms with Crippen LogP contribution in [-0.2, 0) is 59.4 Å². The van der Waals surface area contributed by atoms with Gasteiger partial charge in [0, 0.05) is 110 Å². The first kappa shape index (κ1) is 59.3. The van der Waals surface area contributed by atoms with Gasteiger partial charge in [-0.25, -0.2) is 0 Å². The van der Waals surface area contributed by atoms with E-state index in [9.17, 15) is 33.6 Å². The molecule has 0 saturated carbocycles. The van der Waals surface area contributed by atoms with Crippen molar-refractivity contribution in [3.63, 3.8) is 0 Å². The van der Waals surface area contributed by atoms with Gasteiger partial charge in [-0.05, 0) is 98.1 Å². The molecule has 0 radical (unpaired) electrons. The summed E-state index contributed by atoms with van der Waals surface area (Å²) in [5.74, 6) is -3.01. The summed E-state index contributed by atoms with van der Waals surface area (Å²) < 4.78 is 0.